The van der Waals surface area contributed by atoms with Crippen molar-refractivity contribution in [3.63, 3.8) is 0 Å². The molecule has 1 saturated carbocycles. The molecule has 0 aliphatic heterocycles. The van der Waals surface area contributed by atoms with E-state index in [4.69, 9.17) is 17.3 Å². The van der Waals surface area contributed by atoms with Crippen LogP contribution in [0.5, 0.6) is 0 Å². The van der Waals surface area contributed by atoms with Crippen LogP contribution >= 0.6 is 11.6 Å². The first-order valence-corrected chi connectivity index (χ1v) is 5.39. The van der Waals surface area contributed by atoms with Gasteiger partial charge in [0, 0.05) is 12.8 Å². The first-order valence-electron chi connectivity index (χ1n) is 5.01. The van der Waals surface area contributed by atoms with E-state index >= 15 is 0 Å². The molecule has 2 rings (SSSR count). The first kappa shape index (κ1) is 11.4. The Morgan fingerprint density at radius 3 is 2.56 bits per heavy atom. The van der Waals surface area contributed by atoms with Crippen LogP contribution in [-0.4, -0.2) is 5.92 Å². The normalized spacial score (nSPS) is 19.2. The third kappa shape index (κ3) is 2.05. The molecule has 0 spiro atoms. The lowest BCUT2D eigenvalue weighted by molar-refractivity contribution is -0.0934. The number of allylic oxidation sites excluding steroid dienone is 1. The average Bonchev–Trinajstić information content (AvgIpc) is 2.17. The van der Waals surface area contributed by atoms with Crippen LogP contribution < -0.4 is 5.73 Å². The lowest BCUT2D eigenvalue weighted by Crippen LogP contribution is -2.35. The van der Waals surface area contributed by atoms with Crippen molar-refractivity contribution < 1.29 is 8.78 Å². The molecule has 2 N–H and O–H groups in total. The Labute approximate surface area is 97.9 Å². The van der Waals surface area contributed by atoms with Crippen molar-refractivity contribution in [2.24, 2.45) is 5.92 Å². The van der Waals surface area contributed by atoms with Gasteiger partial charge in [0.1, 0.15) is 0 Å². The number of hydrogen-bond donors (Lipinski definition) is 1. The quantitative estimate of drug-likeness (QED) is 0.782. The average molecular weight is 244 g/mol. The van der Waals surface area contributed by atoms with Gasteiger partial charge in [-0.15, -0.1) is 0 Å². The van der Waals surface area contributed by atoms with Crippen molar-refractivity contribution in [3.8, 4) is 0 Å². The number of hydrogen-bond acceptors (Lipinski definition) is 1. The van der Waals surface area contributed by atoms with Gasteiger partial charge in [-0.05, 0) is 29.2 Å². The molecule has 4 heteroatoms. The van der Waals surface area contributed by atoms with Gasteiger partial charge < -0.3 is 5.73 Å². The Morgan fingerprint density at radius 1 is 1.44 bits per heavy atom. The minimum absolute atomic E-state index is 0.117. The Bertz CT molecular complexity index is 435. The van der Waals surface area contributed by atoms with Crippen LogP contribution in [0.15, 0.2) is 24.8 Å². The fraction of sp³-hybridized carbons (Fsp3) is 0.333. The summed E-state index contributed by atoms with van der Waals surface area (Å²) in [6, 6.07) is 5.10. The van der Waals surface area contributed by atoms with Crippen molar-refractivity contribution >= 4 is 22.9 Å². The fourth-order valence-corrected chi connectivity index (χ4v) is 2.00. The Morgan fingerprint density at radius 2 is 2.06 bits per heavy atom. The van der Waals surface area contributed by atoms with Gasteiger partial charge in [0.2, 0.25) is 5.92 Å². The zero-order valence-corrected chi connectivity index (χ0v) is 9.40. The van der Waals surface area contributed by atoms with E-state index in [1.54, 1.807) is 18.2 Å². The Hall–Kier alpha value is -1.09. The number of anilines is 1. The molecule has 1 fully saturated rings. The van der Waals surface area contributed by atoms with E-state index in [-0.39, 0.29) is 18.8 Å². The Balaban J connectivity index is 2.13. The third-order valence-electron chi connectivity index (χ3n) is 2.95. The summed E-state index contributed by atoms with van der Waals surface area (Å²) in [6.45, 7) is 3.85. The van der Waals surface area contributed by atoms with Gasteiger partial charge in [0.05, 0.1) is 10.7 Å². The van der Waals surface area contributed by atoms with E-state index in [1.165, 1.54) is 0 Å². The van der Waals surface area contributed by atoms with E-state index in [2.05, 4.69) is 6.58 Å². The number of nitrogen functional groups attached to an aromatic ring is 1. The molecule has 0 bridgehead atoms. The van der Waals surface area contributed by atoms with Gasteiger partial charge >= 0.3 is 0 Å². The lowest BCUT2D eigenvalue weighted by Gasteiger charge is -2.36. The predicted molar refractivity (Wildman–Crippen MR) is 62.6 cm³/mol. The van der Waals surface area contributed by atoms with Crippen LogP contribution in [0.2, 0.25) is 5.02 Å². The summed E-state index contributed by atoms with van der Waals surface area (Å²) < 4.78 is 25.4. The van der Waals surface area contributed by atoms with Gasteiger partial charge in [-0.3, -0.25) is 0 Å². The summed E-state index contributed by atoms with van der Waals surface area (Å²) in [4.78, 5) is 0. The number of rotatable bonds is 2. The highest BCUT2D eigenvalue weighted by Crippen LogP contribution is 2.48. The molecule has 0 unspecified atom stereocenters. The highest BCUT2D eigenvalue weighted by atomic mass is 35.5. The molecule has 1 aromatic carbocycles. The molecule has 0 aromatic heterocycles. The molecule has 86 valence electrons. The molecule has 16 heavy (non-hydrogen) atoms. The van der Waals surface area contributed by atoms with E-state index in [9.17, 15) is 8.78 Å². The maximum Gasteiger partial charge on any atom is 0.249 e. The van der Waals surface area contributed by atoms with Crippen LogP contribution in [0.3, 0.4) is 0 Å². The van der Waals surface area contributed by atoms with E-state index in [1.807, 2.05) is 0 Å². The predicted octanol–water partition coefficient (Wildman–Crippen LogP) is 3.98. The van der Waals surface area contributed by atoms with Crippen molar-refractivity contribution in [1.29, 1.82) is 0 Å². The minimum Gasteiger partial charge on any atom is -0.398 e. The van der Waals surface area contributed by atoms with Crippen LogP contribution in [0.25, 0.3) is 5.57 Å². The molecule has 0 radical (unpaired) electrons. The zero-order valence-electron chi connectivity index (χ0n) is 8.64. The number of halogens is 3. The fourth-order valence-electron chi connectivity index (χ4n) is 1.89. The minimum atomic E-state index is -2.52. The summed E-state index contributed by atoms with van der Waals surface area (Å²) in [5.41, 5.74) is 7.61. The molecule has 0 heterocycles. The van der Waals surface area contributed by atoms with Gasteiger partial charge in [0.25, 0.3) is 0 Å². The second kappa shape index (κ2) is 3.74. The molecule has 1 nitrogen and oxygen atoms in total. The molecule has 0 amide bonds. The summed E-state index contributed by atoms with van der Waals surface area (Å²) in [5.74, 6) is -2.67. The number of alkyl halides is 2. The summed E-state index contributed by atoms with van der Waals surface area (Å²) in [6.07, 6.45) is -0.233. The monoisotopic (exact) mass is 243 g/mol. The van der Waals surface area contributed by atoms with Crippen LogP contribution in [0.4, 0.5) is 14.5 Å². The van der Waals surface area contributed by atoms with E-state index in [0.717, 1.165) is 5.56 Å². The largest absolute Gasteiger partial charge is 0.398 e. The molecular formula is C12H12ClF2N. The zero-order chi connectivity index (χ0) is 11.9. The van der Waals surface area contributed by atoms with Crippen LogP contribution in [0.1, 0.15) is 18.4 Å². The molecule has 1 aliphatic carbocycles. The molecule has 1 aromatic rings. The third-order valence-corrected chi connectivity index (χ3v) is 3.29. The SMILES string of the molecule is C=C(c1ccc(Cl)c(N)c1)C1CC(F)(F)C1. The van der Waals surface area contributed by atoms with Crippen molar-refractivity contribution in [2.75, 3.05) is 5.73 Å². The summed E-state index contributed by atoms with van der Waals surface area (Å²) in [5, 5.41) is 0.468. The van der Waals surface area contributed by atoms with Crippen molar-refractivity contribution in [3.05, 3.63) is 35.4 Å². The lowest BCUT2D eigenvalue weighted by atomic mass is 9.75. The molecule has 1 aliphatic rings. The first-order chi connectivity index (χ1) is 7.39. The maximum atomic E-state index is 12.7. The second-order valence-electron chi connectivity index (χ2n) is 4.22. The number of nitrogens with two attached hydrogens (primary N) is 1. The Kier molecular flexibility index (Phi) is 2.66. The van der Waals surface area contributed by atoms with Gasteiger partial charge in [0.15, 0.2) is 0 Å². The highest BCUT2D eigenvalue weighted by molar-refractivity contribution is 6.33. The molecule has 0 saturated heterocycles. The highest BCUT2D eigenvalue weighted by Gasteiger charge is 2.46. The van der Waals surface area contributed by atoms with E-state index < -0.39 is 5.92 Å². The molecule has 0 atom stereocenters. The van der Waals surface area contributed by atoms with Gasteiger partial charge in [-0.2, -0.15) is 0 Å². The van der Waals surface area contributed by atoms with E-state index in [0.29, 0.717) is 16.3 Å². The molecular weight excluding hydrogens is 232 g/mol. The van der Waals surface area contributed by atoms with Gasteiger partial charge in [-0.25, -0.2) is 8.78 Å². The summed E-state index contributed by atoms with van der Waals surface area (Å²) in [7, 11) is 0. The smallest absolute Gasteiger partial charge is 0.249 e. The number of benzene rings is 1. The van der Waals surface area contributed by atoms with Gasteiger partial charge in [-0.1, -0.05) is 24.2 Å². The standard InChI is InChI=1S/C12H12ClF2N/c1-7(9-5-12(14,15)6-9)8-2-3-10(13)11(16)4-8/h2-4,9H,1,5-6,16H2. The topological polar surface area (TPSA) is 26.0 Å². The van der Waals surface area contributed by atoms with Crippen LogP contribution in [-0.2, 0) is 0 Å². The van der Waals surface area contributed by atoms with Crippen molar-refractivity contribution in [1.82, 2.24) is 0 Å². The van der Waals surface area contributed by atoms with Crippen molar-refractivity contribution in [2.45, 2.75) is 18.8 Å². The van der Waals surface area contributed by atoms with Crippen LogP contribution in [0, 0.1) is 5.92 Å². The second-order valence-corrected chi connectivity index (χ2v) is 4.63. The summed E-state index contributed by atoms with van der Waals surface area (Å²) >= 11 is 5.78. The maximum absolute atomic E-state index is 12.7.